The van der Waals surface area contributed by atoms with Gasteiger partial charge in [-0.3, -0.25) is 14.4 Å². The second kappa shape index (κ2) is 8.67. The number of hydrogen-bond acceptors (Lipinski definition) is 6. The number of carbonyl (C=O) groups excluding carboxylic acids is 3. The van der Waals surface area contributed by atoms with Crippen LogP contribution >= 0.6 is 0 Å². The van der Waals surface area contributed by atoms with Gasteiger partial charge in [0.1, 0.15) is 23.2 Å². The molecule has 0 aliphatic carbocycles. The van der Waals surface area contributed by atoms with Crippen LogP contribution in [0.3, 0.4) is 0 Å². The van der Waals surface area contributed by atoms with E-state index in [0.29, 0.717) is 25.9 Å². The molecule has 0 radical (unpaired) electrons. The second-order valence-electron chi connectivity index (χ2n) is 9.34. The van der Waals surface area contributed by atoms with Crippen LogP contribution in [-0.2, 0) is 30.4 Å². The van der Waals surface area contributed by atoms with Gasteiger partial charge in [-0.1, -0.05) is 61.6 Å². The highest BCUT2D eigenvalue weighted by Gasteiger charge is 2.75. The van der Waals surface area contributed by atoms with Crippen LogP contribution in [0.1, 0.15) is 25.3 Å². The SMILES string of the molecule is CC[C@]12C=CCCOC(=O)[C@H]1[C@H]1C(=O)N(CCO)C3C(=O)N(Cc4ccccc4)CC=C[C@@]31O2. The molecule has 0 bridgehead atoms. The summed E-state index contributed by atoms with van der Waals surface area (Å²) in [7, 11) is 0. The molecular formula is C26H30N2O6. The number of aliphatic hydroxyl groups excluding tert-OH is 1. The maximum absolute atomic E-state index is 14.0. The number of hydrogen-bond donors (Lipinski definition) is 1. The maximum Gasteiger partial charge on any atom is 0.313 e. The summed E-state index contributed by atoms with van der Waals surface area (Å²) in [5.41, 5.74) is -1.38. The second-order valence-corrected chi connectivity index (χ2v) is 9.34. The molecule has 4 aliphatic rings. The molecule has 1 spiro atoms. The molecular weight excluding hydrogens is 436 g/mol. The third-order valence-electron chi connectivity index (χ3n) is 7.54. The summed E-state index contributed by atoms with van der Waals surface area (Å²) in [6.07, 6.45) is 8.50. The molecule has 5 rings (SSSR count). The first-order valence-electron chi connectivity index (χ1n) is 11.9. The van der Waals surface area contributed by atoms with Gasteiger partial charge in [0.2, 0.25) is 11.8 Å². The fourth-order valence-electron chi connectivity index (χ4n) is 6.07. The van der Waals surface area contributed by atoms with Crippen LogP contribution < -0.4 is 0 Å². The Bertz CT molecular complexity index is 1040. The zero-order chi connectivity index (χ0) is 23.9. The number of carbonyl (C=O) groups is 3. The molecule has 1 unspecified atom stereocenters. The average molecular weight is 467 g/mol. The van der Waals surface area contributed by atoms with Crippen molar-refractivity contribution in [3.05, 3.63) is 60.2 Å². The highest BCUT2D eigenvalue weighted by molar-refractivity contribution is 5.99. The van der Waals surface area contributed by atoms with Crippen molar-refractivity contribution < 1.29 is 29.0 Å². The number of rotatable bonds is 5. The maximum atomic E-state index is 14.0. The summed E-state index contributed by atoms with van der Waals surface area (Å²) in [6, 6.07) is 8.68. The molecule has 1 aromatic carbocycles. The van der Waals surface area contributed by atoms with Crippen LogP contribution in [0.2, 0.25) is 0 Å². The molecule has 0 aromatic heterocycles. The van der Waals surface area contributed by atoms with E-state index in [-0.39, 0.29) is 31.6 Å². The van der Waals surface area contributed by atoms with E-state index >= 15 is 0 Å². The summed E-state index contributed by atoms with van der Waals surface area (Å²) < 4.78 is 12.3. The van der Waals surface area contributed by atoms with Gasteiger partial charge in [-0.25, -0.2) is 0 Å². The van der Waals surface area contributed by atoms with Crippen molar-refractivity contribution in [1.82, 2.24) is 9.80 Å². The molecule has 34 heavy (non-hydrogen) atoms. The molecule has 1 N–H and O–H groups in total. The predicted octanol–water partition coefficient (Wildman–Crippen LogP) is 1.44. The zero-order valence-corrected chi connectivity index (χ0v) is 19.3. The fraction of sp³-hybridized carbons (Fsp3) is 0.500. The number of aliphatic hydroxyl groups is 1. The molecule has 8 nitrogen and oxygen atoms in total. The number of fused-ring (bicyclic) bond motifs is 2. The molecule has 4 aliphatic heterocycles. The first-order valence-corrected chi connectivity index (χ1v) is 11.9. The van der Waals surface area contributed by atoms with E-state index in [9.17, 15) is 19.5 Å². The van der Waals surface area contributed by atoms with Gasteiger partial charge in [-0.05, 0) is 18.4 Å². The molecule has 1 aromatic rings. The van der Waals surface area contributed by atoms with Crippen molar-refractivity contribution in [3.63, 3.8) is 0 Å². The van der Waals surface area contributed by atoms with Gasteiger partial charge >= 0.3 is 5.97 Å². The number of amides is 2. The van der Waals surface area contributed by atoms with Gasteiger partial charge in [-0.2, -0.15) is 0 Å². The van der Waals surface area contributed by atoms with E-state index in [4.69, 9.17) is 9.47 Å². The van der Waals surface area contributed by atoms with Crippen molar-refractivity contribution in [3.8, 4) is 0 Å². The Hall–Kier alpha value is -2.97. The summed E-state index contributed by atoms with van der Waals surface area (Å²) >= 11 is 0. The Morgan fingerprint density at radius 2 is 1.85 bits per heavy atom. The lowest BCUT2D eigenvalue weighted by atomic mass is 9.73. The van der Waals surface area contributed by atoms with Gasteiger partial charge < -0.3 is 24.4 Å². The first kappa shape index (κ1) is 22.8. The highest BCUT2D eigenvalue weighted by Crippen LogP contribution is 2.58. The van der Waals surface area contributed by atoms with Gasteiger partial charge in [0, 0.05) is 19.6 Å². The Morgan fingerprint density at radius 3 is 2.59 bits per heavy atom. The fourth-order valence-corrected chi connectivity index (χ4v) is 6.07. The van der Waals surface area contributed by atoms with Crippen LogP contribution in [-0.4, -0.2) is 76.2 Å². The number of cyclic esters (lactones) is 1. The number of β-amino-alcohol motifs (C(OH)–C–C–N with tert-alkyl or cyclic N) is 1. The van der Waals surface area contributed by atoms with E-state index in [1.807, 2.05) is 61.6 Å². The molecule has 180 valence electrons. The monoisotopic (exact) mass is 466 g/mol. The van der Waals surface area contributed by atoms with Crippen LogP contribution in [0.5, 0.6) is 0 Å². The normalized spacial score (nSPS) is 34.8. The van der Waals surface area contributed by atoms with Gasteiger partial charge in [0.25, 0.3) is 0 Å². The average Bonchev–Trinajstić information content (AvgIpc) is 3.18. The highest BCUT2D eigenvalue weighted by atomic mass is 16.6. The van der Waals surface area contributed by atoms with E-state index in [2.05, 4.69) is 0 Å². The van der Waals surface area contributed by atoms with Crippen molar-refractivity contribution in [2.75, 3.05) is 26.3 Å². The molecule has 8 heteroatoms. The Balaban J connectivity index is 1.61. The third kappa shape index (κ3) is 3.31. The minimum Gasteiger partial charge on any atom is -0.465 e. The van der Waals surface area contributed by atoms with Crippen LogP contribution in [0, 0.1) is 11.8 Å². The van der Waals surface area contributed by atoms with E-state index in [1.54, 1.807) is 4.90 Å². The van der Waals surface area contributed by atoms with Gasteiger partial charge in [0.05, 0.1) is 19.1 Å². The minimum atomic E-state index is -1.32. The first-order chi connectivity index (χ1) is 16.5. The zero-order valence-electron chi connectivity index (χ0n) is 19.3. The van der Waals surface area contributed by atoms with E-state index < -0.39 is 35.0 Å². The van der Waals surface area contributed by atoms with Crippen LogP contribution in [0.4, 0.5) is 0 Å². The third-order valence-corrected chi connectivity index (χ3v) is 7.54. The van der Waals surface area contributed by atoms with Gasteiger partial charge in [0.15, 0.2) is 0 Å². The summed E-state index contributed by atoms with van der Waals surface area (Å²) in [6.45, 7) is 2.58. The predicted molar refractivity (Wildman–Crippen MR) is 122 cm³/mol. The summed E-state index contributed by atoms with van der Waals surface area (Å²) in [4.78, 5) is 44.2. The topological polar surface area (TPSA) is 96.4 Å². The van der Waals surface area contributed by atoms with Crippen molar-refractivity contribution in [2.45, 2.75) is 43.6 Å². The van der Waals surface area contributed by atoms with Crippen LogP contribution in [0.25, 0.3) is 0 Å². The lowest BCUT2D eigenvalue weighted by Crippen LogP contribution is -2.56. The number of nitrogens with zero attached hydrogens (tertiary/aromatic N) is 2. The van der Waals surface area contributed by atoms with Crippen molar-refractivity contribution in [1.29, 1.82) is 0 Å². The largest absolute Gasteiger partial charge is 0.465 e. The number of esters is 1. The Kier molecular flexibility index (Phi) is 5.81. The molecule has 2 amide bonds. The lowest BCUT2D eigenvalue weighted by Gasteiger charge is -2.38. The Morgan fingerprint density at radius 1 is 1.06 bits per heavy atom. The molecule has 2 fully saturated rings. The summed E-state index contributed by atoms with van der Waals surface area (Å²) in [5, 5.41) is 9.74. The number of likely N-dealkylation sites (tertiary alicyclic amines) is 1. The van der Waals surface area contributed by atoms with E-state index in [0.717, 1.165) is 5.56 Å². The minimum absolute atomic E-state index is 0.0133. The molecule has 4 heterocycles. The number of benzene rings is 1. The van der Waals surface area contributed by atoms with Crippen molar-refractivity contribution >= 4 is 17.8 Å². The molecule has 0 saturated carbocycles. The number of ether oxygens (including phenoxy) is 2. The molecule has 5 atom stereocenters. The van der Waals surface area contributed by atoms with E-state index in [1.165, 1.54) is 4.90 Å². The quantitative estimate of drug-likeness (QED) is 0.521. The van der Waals surface area contributed by atoms with Gasteiger partial charge in [-0.15, -0.1) is 0 Å². The van der Waals surface area contributed by atoms with Crippen LogP contribution in [0.15, 0.2) is 54.6 Å². The summed E-state index contributed by atoms with van der Waals surface area (Å²) in [5.74, 6) is -2.86. The standard InChI is InChI=1S/C26H30N2O6/c1-2-25-11-6-7-16-33-24(32)20(25)19-22(30)28(14-15-29)21-23(31)27(13-8-12-26(19,21)34-25)17-18-9-4-3-5-10-18/h3-6,8-12,19-21,29H,2,7,13-17H2,1H3/t19-,20+,21?,25-,26-/m0/s1. The molecule has 2 saturated heterocycles. The lowest BCUT2D eigenvalue weighted by molar-refractivity contribution is -0.162. The van der Waals surface area contributed by atoms with Crippen molar-refractivity contribution in [2.24, 2.45) is 11.8 Å². The smallest absolute Gasteiger partial charge is 0.313 e. The Labute approximate surface area is 198 Å².